The van der Waals surface area contributed by atoms with Crippen molar-refractivity contribution in [3.05, 3.63) is 45.6 Å². The average molecular weight is 597 g/mol. The largest absolute Gasteiger partial charge is 0.493 e. The quantitative estimate of drug-likeness (QED) is 0.359. The highest BCUT2D eigenvalue weighted by Gasteiger charge is 2.30. The third-order valence-electron chi connectivity index (χ3n) is 8.01. The van der Waals surface area contributed by atoms with Gasteiger partial charge in [-0.1, -0.05) is 19.9 Å². The summed E-state index contributed by atoms with van der Waals surface area (Å²) in [5.74, 6) is 0.994. The summed E-state index contributed by atoms with van der Waals surface area (Å²) in [4.78, 5) is 41.5. The van der Waals surface area contributed by atoms with Crippen LogP contribution in [0, 0.1) is 5.92 Å². The minimum absolute atomic E-state index is 0.0872. The Morgan fingerprint density at radius 1 is 1.05 bits per heavy atom. The molecule has 1 heterocycles. The smallest absolute Gasteiger partial charge is 0.242 e. The monoisotopic (exact) mass is 596 g/mol. The van der Waals surface area contributed by atoms with Gasteiger partial charge < -0.3 is 34.9 Å². The number of anilines is 1. The maximum absolute atomic E-state index is 13.7. The van der Waals surface area contributed by atoms with Gasteiger partial charge in [-0.3, -0.25) is 19.3 Å². The van der Waals surface area contributed by atoms with Crippen molar-refractivity contribution in [1.29, 1.82) is 0 Å². The zero-order valence-electron chi connectivity index (χ0n) is 26.0. The van der Waals surface area contributed by atoms with E-state index in [1.165, 1.54) is 6.92 Å². The summed E-state index contributed by atoms with van der Waals surface area (Å²) in [6.07, 6.45) is 1.17. The second kappa shape index (κ2) is 14.6. The van der Waals surface area contributed by atoms with E-state index in [-0.39, 0.29) is 28.8 Å². The molecule has 43 heavy (non-hydrogen) atoms. The molecular weight excluding hydrogens is 552 g/mol. The molecule has 3 N–H and O–H groups in total. The van der Waals surface area contributed by atoms with Gasteiger partial charge >= 0.3 is 0 Å². The molecule has 11 heteroatoms. The number of methoxy groups -OCH3 is 3. The molecule has 1 saturated heterocycles. The van der Waals surface area contributed by atoms with E-state index in [4.69, 9.17) is 18.9 Å². The fourth-order valence-corrected chi connectivity index (χ4v) is 5.80. The number of amides is 2. The molecule has 2 amide bonds. The lowest BCUT2D eigenvalue weighted by molar-refractivity contribution is -0.123. The molecule has 1 aliphatic carbocycles. The predicted octanol–water partition coefficient (Wildman–Crippen LogP) is 2.75. The SMILES string of the molecule is COc1cc2c(c(OC)c1OC)-c1ccc(NC(C(=O)NCCN3CCOCC3)C(C)C)c(=O)cc1C(NC(C)=O)CC2. The van der Waals surface area contributed by atoms with Crippen LogP contribution in [0.4, 0.5) is 5.69 Å². The van der Waals surface area contributed by atoms with Crippen molar-refractivity contribution in [3.8, 4) is 28.4 Å². The second-order valence-electron chi connectivity index (χ2n) is 11.2. The molecule has 4 rings (SSSR count). The number of carbonyl (C=O) groups excluding carboxylic acids is 2. The van der Waals surface area contributed by atoms with Crippen molar-refractivity contribution in [2.75, 3.05) is 66.0 Å². The zero-order valence-corrected chi connectivity index (χ0v) is 26.0. The Morgan fingerprint density at radius 3 is 2.40 bits per heavy atom. The molecule has 2 aliphatic rings. The summed E-state index contributed by atoms with van der Waals surface area (Å²) in [5, 5.41) is 9.27. The molecule has 0 spiro atoms. The molecule has 0 saturated carbocycles. The first kappa shape index (κ1) is 32.1. The van der Waals surface area contributed by atoms with Crippen LogP contribution in [-0.4, -0.2) is 83.5 Å². The lowest BCUT2D eigenvalue weighted by atomic mass is 9.95. The van der Waals surface area contributed by atoms with Crippen LogP contribution in [0.3, 0.4) is 0 Å². The summed E-state index contributed by atoms with van der Waals surface area (Å²) in [5.41, 5.74) is 3.10. The minimum Gasteiger partial charge on any atom is -0.493 e. The third-order valence-corrected chi connectivity index (χ3v) is 8.01. The van der Waals surface area contributed by atoms with Crippen LogP contribution in [-0.2, 0) is 20.7 Å². The summed E-state index contributed by atoms with van der Waals surface area (Å²) < 4.78 is 22.5. The topological polar surface area (TPSA) is 127 Å². The first-order valence-electron chi connectivity index (χ1n) is 14.8. The van der Waals surface area contributed by atoms with Gasteiger partial charge in [-0.05, 0) is 53.6 Å². The van der Waals surface area contributed by atoms with E-state index in [1.54, 1.807) is 33.5 Å². The van der Waals surface area contributed by atoms with E-state index in [0.29, 0.717) is 55.4 Å². The maximum Gasteiger partial charge on any atom is 0.242 e. The number of nitrogens with zero attached hydrogens (tertiary/aromatic N) is 1. The summed E-state index contributed by atoms with van der Waals surface area (Å²) >= 11 is 0. The molecule has 2 aromatic carbocycles. The Kier molecular flexibility index (Phi) is 10.9. The number of aryl methyl sites for hydroxylation is 1. The number of hydrogen-bond donors (Lipinski definition) is 3. The Bertz CT molecular complexity index is 1370. The summed E-state index contributed by atoms with van der Waals surface area (Å²) in [6, 6.07) is 5.97. The summed E-state index contributed by atoms with van der Waals surface area (Å²) in [6.45, 7) is 9.67. The molecular formula is C32H44N4O7. The first-order chi connectivity index (χ1) is 20.7. The highest BCUT2D eigenvalue weighted by atomic mass is 16.5. The van der Waals surface area contributed by atoms with Gasteiger partial charge in [0.2, 0.25) is 23.0 Å². The van der Waals surface area contributed by atoms with Crippen molar-refractivity contribution < 1.29 is 28.5 Å². The number of fused-ring (bicyclic) bond motifs is 3. The second-order valence-corrected chi connectivity index (χ2v) is 11.2. The average Bonchev–Trinajstić information content (AvgIpc) is 3.23. The van der Waals surface area contributed by atoms with E-state index in [9.17, 15) is 14.4 Å². The van der Waals surface area contributed by atoms with Gasteiger partial charge in [0.1, 0.15) is 6.04 Å². The molecule has 1 aliphatic heterocycles. The molecule has 2 aromatic rings. The normalized spacial score (nSPS) is 17.1. The fraction of sp³-hybridized carbons (Fsp3) is 0.531. The fourth-order valence-electron chi connectivity index (χ4n) is 5.80. The van der Waals surface area contributed by atoms with Crippen LogP contribution in [0.5, 0.6) is 17.2 Å². The van der Waals surface area contributed by atoms with Crippen molar-refractivity contribution in [2.24, 2.45) is 5.92 Å². The van der Waals surface area contributed by atoms with Gasteiger partial charge in [0, 0.05) is 38.7 Å². The van der Waals surface area contributed by atoms with Crippen LogP contribution in [0.25, 0.3) is 11.1 Å². The maximum atomic E-state index is 13.7. The van der Waals surface area contributed by atoms with Crippen LogP contribution in [0.15, 0.2) is 29.1 Å². The Balaban J connectivity index is 1.73. The van der Waals surface area contributed by atoms with Crippen LogP contribution < -0.4 is 35.6 Å². The summed E-state index contributed by atoms with van der Waals surface area (Å²) in [7, 11) is 4.68. The van der Waals surface area contributed by atoms with Crippen LogP contribution in [0.2, 0.25) is 0 Å². The molecule has 0 bridgehead atoms. The van der Waals surface area contributed by atoms with Crippen molar-refractivity contribution in [1.82, 2.24) is 15.5 Å². The Morgan fingerprint density at radius 2 is 1.77 bits per heavy atom. The van der Waals surface area contributed by atoms with E-state index in [0.717, 1.165) is 36.3 Å². The first-order valence-corrected chi connectivity index (χ1v) is 14.8. The Labute approximate surface area is 253 Å². The number of rotatable bonds is 11. The van der Waals surface area contributed by atoms with E-state index in [1.807, 2.05) is 26.0 Å². The molecule has 2 atom stereocenters. The molecule has 0 aromatic heterocycles. The number of nitrogens with one attached hydrogen (secondary N) is 3. The molecule has 1 fully saturated rings. The third kappa shape index (κ3) is 7.40. The highest BCUT2D eigenvalue weighted by Crippen LogP contribution is 2.50. The zero-order chi connectivity index (χ0) is 31.1. The van der Waals surface area contributed by atoms with Gasteiger partial charge in [-0.2, -0.15) is 0 Å². The number of benzene rings is 1. The standard InChI is InChI=1S/C32H44N4O7/c1-19(2)29(32(39)33-11-12-36-13-15-43-16-14-36)35-25-10-8-22-23(18-26(25)38)24(34-20(3)37)9-7-21-17-27(40-4)30(41-5)31(42-6)28(21)22/h8,10,17-19,24,29H,7,9,11-16H2,1-6H3,(H,33,39)(H,34,37)(H,35,38). The number of carbonyl (C=O) groups is 2. The van der Waals surface area contributed by atoms with Gasteiger partial charge in [0.15, 0.2) is 11.5 Å². The van der Waals surface area contributed by atoms with Gasteiger partial charge in [-0.25, -0.2) is 0 Å². The molecule has 234 valence electrons. The van der Waals surface area contributed by atoms with Gasteiger partial charge in [-0.15, -0.1) is 0 Å². The number of ether oxygens (including phenoxy) is 4. The lowest BCUT2D eigenvalue weighted by Gasteiger charge is -2.27. The van der Waals surface area contributed by atoms with Crippen LogP contribution >= 0.6 is 0 Å². The van der Waals surface area contributed by atoms with Gasteiger partial charge in [0.05, 0.1) is 46.3 Å². The van der Waals surface area contributed by atoms with E-state index >= 15 is 0 Å². The minimum atomic E-state index is -0.628. The van der Waals surface area contributed by atoms with Gasteiger partial charge in [0.25, 0.3) is 0 Å². The predicted molar refractivity (Wildman–Crippen MR) is 165 cm³/mol. The van der Waals surface area contributed by atoms with Crippen LogP contribution in [0.1, 0.15) is 44.4 Å². The highest BCUT2D eigenvalue weighted by molar-refractivity contribution is 5.86. The van der Waals surface area contributed by atoms with Crippen molar-refractivity contribution >= 4 is 17.5 Å². The van der Waals surface area contributed by atoms with E-state index in [2.05, 4.69) is 20.9 Å². The van der Waals surface area contributed by atoms with E-state index < -0.39 is 12.1 Å². The lowest BCUT2D eigenvalue weighted by Crippen LogP contribution is -2.47. The Hall–Kier alpha value is -3.83. The molecule has 2 unspecified atom stereocenters. The molecule has 0 radical (unpaired) electrons. The number of morpholine rings is 1. The van der Waals surface area contributed by atoms with Crippen molar-refractivity contribution in [3.63, 3.8) is 0 Å². The number of hydrogen-bond acceptors (Lipinski definition) is 9. The van der Waals surface area contributed by atoms with Crippen molar-refractivity contribution in [2.45, 2.75) is 45.7 Å². The molecule has 11 nitrogen and oxygen atoms in total.